The Kier molecular flexibility index (Phi) is 3.87. The molecule has 0 radical (unpaired) electrons. The van der Waals surface area contributed by atoms with Crippen LogP contribution in [0.2, 0.25) is 0 Å². The number of para-hydroxylation sites is 1. The first-order chi connectivity index (χ1) is 13.9. The molecule has 144 valence electrons. The van der Waals surface area contributed by atoms with Crippen molar-refractivity contribution in [1.82, 2.24) is 0 Å². The average Bonchev–Trinajstić information content (AvgIpc) is 3.13. The molecule has 0 bridgehead atoms. The normalized spacial score (nSPS) is 20.3. The summed E-state index contributed by atoms with van der Waals surface area (Å²) in [6.07, 6.45) is -0.0714. The lowest BCUT2D eigenvalue weighted by Gasteiger charge is -2.26. The highest BCUT2D eigenvalue weighted by Gasteiger charge is 2.42. The molecular weight excluding hydrogens is 382 g/mol. The third-order valence-electron chi connectivity index (χ3n) is 5.76. The number of carbonyl (C=O) groups is 2. The van der Waals surface area contributed by atoms with E-state index in [1.165, 1.54) is 10.5 Å². The van der Waals surface area contributed by atoms with Crippen LogP contribution in [0.25, 0.3) is 10.8 Å². The highest BCUT2D eigenvalue weighted by Crippen LogP contribution is 2.50. The predicted molar refractivity (Wildman–Crippen MR) is 116 cm³/mol. The number of carbonyl (C=O) groups excluding carboxylic acids is 2. The van der Waals surface area contributed by atoms with Crippen LogP contribution in [0.3, 0.4) is 0 Å². The quantitative estimate of drug-likeness (QED) is 0.497. The number of hydrogen-bond acceptors (Lipinski definition) is 4. The van der Waals surface area contributed by atoms with Gasteiger partial charge in [0.2, 0.25) is 5.12 Å². The Morgan fingerprint density at radius 3 is 2.45 bits per heavy atom. The van der Waals surface area contributed by atoms with Crippen LogP contribution in [0.1, 0.15) is 31.1 Å². The van der Waals surface area contributed by atoms with E-state index in [0.717, 1.165) is 22.1 Å². The van der Waals surface area contributed by atoms with E-state index in [1.54, 1.807) is 0 Å². The molecule has 3 aromatic carbocycles. The van der Waals surface area contributed by atoms with E-state index in [0.29, 0.717) is 17.4 Å². The zero-order valence-corrected chi connectivity index (χ0v) is 17.0. The number of ether oxygens (including phenoxy) is 1. The zero-order chi connectivity index (χ0) is 20.3. The third-order valence-corrected chi connectivity index (χ3v) is 6.54. The van der Waals surface area contributed by atoms with Crippen LogP contribution in [0.15, 0.2) is 72.9 Å². The summed E-state index contributed by atoms with van der Waals surface area (Å²) in [6, 6.07) is 20.2. The highest BCUT2D eigenvalue weighted by atomic mass is 32.2. The number of fused-ring (bicyclic) bond motifs is 2. The van der Waals surface area contributed by atoms with Crippen LogP contribution in [-0.2, 0) is 10.2 Å². The summed E-state index contributed by atoms with van der Waals surface area (Å²) in [5.41, 5.74) is 3.05. The van der Waals surface area contributed by atoms with Crippen LogP contribution in [0.5, 0.6) is 5.75 Å². The number of hydrogen-bond donors (Lipinski definition) is 0. The Labute approximate surface area is 173 Å². The lowest BCUT2D eigenvalue weighted by atomic mass is 9.78. The lowest BCUT2D eigenvalue weighted by molar-refractivity contribution is -0.107. The molecule has 1 atom stereocenters. The van der Waals surface area contributed by atoms with Crippen LogP contribution >= 0.6 is 11.8 Å². The van der Waals surface area contributed by atoms with Crippen LogP contribution in [-0.4, -0.2) is 10.4 Å². The van der Waals surface area contributed by atoms with E-state index in [-0.39, 0.29) is 27.6 Å². The maximum absolute atomic E-state index is 12.1. The fraction of sp³-hybridized carbons (Fsp3) is 0.167. The molecular formula is C24H19NO3S. The Morgan fingerprint density at radius 1 is 1.00 bits per heavy atom. The minimum Gasteiger partial charge on any atom is -0.485 e. The summed E-state index contributed by atoms with van der Waals surface area (Å²) >= 11 is 0.682. The van der Waals surface area contributed by atoms with E-state index in [4.69, 9.17) is 4.74 Å². The minimum atomic E-state index is -0.310. The second-order valence-electron chi connectivity index (χ2n) is 7.94. The first-order valence-electron chi connectivity index (χ1n) is 9.41. The fourth-order valence-corrected chi connectivity index (χ4v) is 4.88. The van der Waals surface area contributed by atoms with E-state index >= 15 is 0 Å². The van der Waals surface area contributed by atoms with Gasteiger partial charge in [0.05, 0.1) is 11.4 Å². The van der Waals surface area contributed by atoms with Gasteiger partial charge in [0, 0.05) is 22.7 Å². The molecule has 0 saturated carbocycles. The second-order valence-corrected chi connectivity index (χ2v) is 8.87. The zero-order valence-electron chi connectivity index (χ0n) is 16.1. The van der Waals surface area contributed by atoms with Gasteiger partial charge in [-0.3, -0.25) is 14.5 Å². The summed E-state index contributed by atoms with van der Waals surface area (Å²) < 4.78 is 6.30. The van der Waals surface area contributed by atoms with Crippen molar-refractivity contribution < 1.29 is 14.3 Å². The smallest absolute Gasteiger partial charge is 0.298 e. The Hall–Kier alpha value is -3.05. The van der Waals surface area contributed by atoms with Gasteiger partial charge in [-0.15, -0.1) is 0 Å². The predicted octanol–water partition coefficient (Wildman–Crippen LogP) is 5.96. The fourth-order valence-electron chi connectivity index (χ4n) is 4.20. The van der Waals surface area contributed by atoms with E-state index in [9.17, 15) is 9.59 Å². The summed E-state index contributed by atoms with van der Waals surface area (Å²) in [5.74, 6) is 0.936. The van der Waals surface area contributed by atoms with Crippen molar-refractivity contribution in [2.24, 2.45) is 0 Å². The van der Waals surface area contributed by atoms with Crippen molar-refractivity contribution in [3.8, 4) is 5.75 Å². The largest absolute Gasteiger partial charge is 0.485 e. The first-order valence-corrected chi connectivity index (χ1v) is 10.2. The van der Waals surface area contributed by atoms with Crippen molar-refractivity contribution in [3.05, 3.63) is 84.1 Å². The standard InChI is InChI=1S/C24H19NO3S/c1-14-22(26)29-23(27)25(14)18-11-10-15-12-17(9-8-16(15)13-18)21-24(2,3)19-6-4-5-7-20(19)28-21/h4-13,21H,1H2,2-3H3. The summed E-state index contributed by atoms with van der Waals surface area (Å²) in [6.45, 7) is 8.15. The van der Waals surface area contributed by atoms with Crippen molar-refractivity contribution in [1.29, 1.82) is 0 Å². The van der Waals surface area contributed by atoms with Gasteiger partial charge in [-0.25, -0.2) is 0 Å². The van der Waals surface area contributed by atoms with Crippen LogP contribution < -0.4 is 9.64 Å². The minimum absolute atomic E-state index is 0.0714. The molecule has 1 unspecified atom stereocenters. The topological polar surface area (TPSA) is 46.6 Å². The molecule has 4 nitrogen and oxygen atoms in total. The summed E-state index contributed by atoms with van der Waals surface area (Å²) in [7, 11) is 0. The maximum Gasteiger partial charge on any atom is 0.298 e. The van der Waals surface area contributed by atoms with Gasteiger partial charge < -0.3 is 4.74 Å². The molecule has 2 aliphatic heterocycles. The molecule has 1 saturated heterocycles. The van der Waals surface area contributed by atoms with E-state index in [1.807, 2.05) is 42.5 Å². The maximum atomic E-state index is 12.1. The third kappa shape index (κ3) is 2.69. The van der Waals surface area contributed by atoms with Crippen LogP contribution in [0, 0.1) is 0 Å². The van der Waals surface area contributed by atoms with Gasteiger partial charge in [-0.2, -0.15) is 0 Å². The Balaban J connectivity index is 1.52. The van der Waals surface area contributed by atoms with Crippen molar-refractivity contribution >= 4 is 38.6 Å². The molecule has 5 heteroatoms. The van der Waals surface area contributed by atoms with Crippen molar-refractivity contribution in [2.75, 3.05) is 4.90 Å². The molecule has 5 rings (SSSR count). The Morgan fingerprint density at radius 2 is 1.72 bits per heavy atom. The number of benzene rings is 3. The molecule has 2 aliphatic rings. The first kappa shape index (κ1) is 18.0. The van der Waals surface area contributed by atoms with Gasteiger partial charge in [-0.05, 0) is 40.6 Å². The van der Waals surface area contributed by atoms with Gasteiger partial charge in [0.15, 0.2) is 0 Å². The second kappa shape index (κ2) is 6.22. The lowest BCUT2D eigenvalue weighted by Crippen LogP contribution is -2.24. The molecule has 1 amide bonds. The van der Waals surface area contributed by atoms with Crippen LogP contribution in [0.4, 0.5) is 10.5 Å². The number of nitrogens with zero attached hydrogens (tertiary/aromatic N) is 1. The molecule has 2 heterocycles. The van der Waals surface area contributed by atoms with Crippen molar-refractivity contribution in [2.45, 2.75) is 25.4 Å². The highest BCUT2D eigenvalue weighted by molar-refractivity contribution is 8.27. The molecule has 0 spiro atoms. The molecule has 29 heavy (non-hydrogen) atoms. The number of anilines is 1. The summed E-state index contributed by atoms with van der Waals surface area (Å²) in [5, 5.41) is 1.43. The van der Waals surface area contributed by atoms with Gasteiger partial charge in [-0.1, -0.05) is 56.8 Å². The Bertz CT molecular complexity index is 1210. The number of thioether (sulfide) groups is 1. The molecule has 0 N–H and O–H groups in total. The number of amides is 1. The number of rotatable bonds is 2. The van der Waals surface area contributed by atoms with Gasteiger partial charge in [0.1, 0.15) is 11.9 Å². The van der Waals surface area contributed by atoms with E-state index in [2.05, 4.69) is 38.6 Å². The van der Waals surface area contributed by atoms with E-state index < -0.39 is 0 Å². The van der Waals surface area contributed by atoms with Gasteiger partial charge in [0.25, 0.3) is 5.24 Å². The molecule has 0 aliphatic carbocycles. The van der Waals surface area contributed by atoms with Gasteiger partial charge >= 0.3 is 0 Å². The molecule has 3 aromatic rings. The van der Waals surface area contributed by atoms with Crippen molar-refractivity contribution in [3.63, 3.8) is 0 Å². The monoisotopic (exact) mass is 401 g/mol. The molecule has 0 aromatic heterocycles. The SMILES string of the molecule is C=C1C(=O)SC(=O)N1c1ccc2cc(C3Oc4ccccc4C3(C)C)ccc2c1. The molecule has 1 fully saturated rings. The average molecular weight is 401 g/mol. The summed E-state index contributed by atoms with van der Waals surface area (Å²) in [4.78, 5) is 25.3.